The molecule has 0 aliphatic heterocycles. The van der Waals surface area contributed by atoms with Crippen LogP contribution >= 0.6 is 39.7 Å². The van der Waals surface area contributed by atoms with Gasteiger partial charge in [-0.3, -0.25) is 25.8 Å². The first kappa shape index (κ1) is 22.9. The van der Waals surface area contributed by atoms with Crippen molar-refractivity contribution < 1.29 is 19.1 Å². The van der Waals surface area contributed by atoms with Gasteiger partial charge in [-0.05, 0) is 73.6 Å². The second-order valence-corrected chi connectivity index (χ2v) is 7.65. The van der Waals surface area contributed by atoms with Crippen molar-refractivity contribution in [2.24, 2.45) is 0 Å². The van der Waals surface area contributed by atoms with Crippen LogP contribution in [0.1, 0.15) is 11.1 Å². The number of ether oxygens (including phenoxy) is 2. The van der Waals surface area contributed by atoms with E-state index in [1.165, 1.54) is 0 Å². The van der Waals surface area contributed by atoms with Gasteiger partial charge in [-0.25, -0.2) is 0 Å². The number of amides is 2. The summed E-state index contributed by atoms with van der Waals surface area (Å²) in [6.45, 7) is 3.27. The van der Waals surface area contributed by atoms with E-state index >= 15 is 0 Å². The van der Waals surface area contributed by atoms with E-state index in [4.69, 9.17) is 33.3 Å². The normalized spacial score (nSPS) is 10.1. The number of thiocarbonyl (C=S) groups is 1. The minimum atomic E-state index is -0.479. The number of halogens is 2. The lowest BCUT2D eigenvalue weighted by Gasteiger charge is -2.13. The summed E-state index contributed by atoms with van der Waals surface area (Å²) in [6.07, 6.45) is 0. The third kappa shape index (κ3) is 7.88. The fraction of sp³-hybridized carbons (Fsp3) is 0.211. The van der Waals surface area contributed by atoms with Crippen molar-refractivity contribution >= 4 is 56.7 Å². The van der Waals surface area contributed by atoms with Crippen molar-refractivity contribution in [1.82, 2.24) is 16.2 Å². The molecule has 0 unspecified atom stereocenters. The van der Waals surface area contributed by atoms with E-state index in [0.29, 0.717) is 16.5 Å². The largest absolute Gasteiger partial charge is 0.484 e. The monoisotopic (exact) mass is 499 g/mol. The maximum atomic E-state index is 11.9. The predicted molar refractivity (Wildman–Crippen MR) is 118 cm³/mol. The van der Waals surface area contributed by atoms with E-state index in [1.54, 1.807) is 30.3 Å². The van der Waals surface area contributed by atoms with Crippen molar-refractivity contribution in [1.29, 1.82) is 0 Å². The average molecular weight is 501 g/mol. The third-order valence-corrected chi connectivity index (χ3v) is 4.89. The Hall–Kier alpha value is -2.36. The number of aryl methyl sites for hydroxylation is 2. The highest BCUT2D eigenvalue weighted by atomic mass is 79.9. The second-order valence-electron chi connectivity index (χ2n) is 5.95. The van der Waals surface area contributed by atoms with Gasteiger partial charge in [-0.15, -0.1) is 0 Å². The number of carbonyl (C=O) groups is 2. The van der Waals surface area contributed by atoms with Gasteiger partial charge in [-0.1, -0.05) is 27.5 Å². The number of benzene rings is 2. The first-order valence-electron chi connectivity index (χ1n) is 8.41. The smallest absolute Gasteiger partial charge is 0.276 e. The topological polar surface area (TPSA) is 88.7 Å². The van der Waals surface area contributed by atoms with Crippen LogP contribution in [0, 0.1) is 13.8 Å². The third-order valence-electron chi connectivity index (χ3n) is 3.56. The Morgan fingerprint density at radius 2 is 1.72 bits per heavy atom. The zero-order valence-corrected chi connectivity index (χ0v) is 18.8. The highest BCUT2D eigenvalue weighted by Crippen LogP contribution is 2.22. The molecular weight excluding hydrogens is 482 g/mol. The van der Waals surface area contributed by atoms with Crippen LogP contribution in [-0.4, -0.2) is 30.1 Å². The van der Waals surface area contributed by atoms with E-state index < -0.39 is 11.8 Å². The number of rotatable bonds is 6. The summed E-state index contributed by atoms with van der Waals surface area (Å²) >= 11 is 14.2. The fourth-order valence-electron chi connectivity index (χ4n) is 2.13. The minimum Gasteiger partial charge on any atom is -0.484 e. The number of hydrogen-bond acceptors (Lipinski definition) is 5. The van der Waals surface area contributed by atoms with Gasteiger partial charge in [0, 0.05) is 9.50 Å². The van der Waals surface area contributed by atoms with Gasteiger partial charge < -0.3 is 9.47 Å². The molecule has 0 radical (unpaired) electrons. The summed E-state index contributed by atoms with van der Waals surface area (Å²) in [4.78, 5) is 23.7. The Morgan fingerprint density at radius 1 is 1.00 bits per heavy atom. The molecule has 2 aromatic carbocycles. The SMILES string of the molecule is Cc1cc(OCC(=O)NNC(=S)NC(=O)COc2ccc(Cl)cc2C)ccc1Br. The molecule has 0 aromatic heterocycles. The summed E-state index contributed by atoms with van der Waals surface area (Å²) in [7, 11) is 0. The van der Waals surface area contributed by atoms with Crippen LogP contribution < -0.4 is 25.6 Å². The first-order valence-corrected chi connectivity index (χ1v) is 9.99. The minimum absolute atomic E-state index is 0.0701. The Bertz CT molecular complexity index is 926. The van der Waals surface area contributed by atoms with Crippen molar-refractivity contribution in [3.8, 4) is 11.5 Å². The lowest BCUT2D eigenvalue weighted by molar-refractivity contribution is -0.124. The molecule has 0 spiro atoms. The molecule has 0 fully saturated rings. The van der Waals surface area contributed by atoms with Crippen LogP contribution in [0.4, 0.5) is 0 Å². The van der Waals surface area contributed by atoms with Gasteiger partial charge in [0.2, 0.25) is 0 Å². The van der Waals surface area contributed by atoms with Gasteiger partial charge in [0.05, 0.1) is 0 Å². The molecule has 154 valence electrons. The Morgan fingerprint density at radius 3 is 2.41 bits per heavy atom. The van der Waals surface area contributed by atoms with Crippen LogP contribution in [0.25, 0.3) is 0 Å². The Kier molecular flexibility index (Phi) is 8.69. The first-order chi connectivity index (χ1) is 13.7. The lowest BCUT2D eigenvalue weighted by atomic mass is 10.2. The summed E-state index contributed by atoms with van der Waals surface area (Å²) in [6, 6.07) is 10.5. The summed E-state index contributed by atoms with van der Waals surface area (Å²) in [5.41, 5.74) is 6.56. The van der Waals surface area contributed by atoms with E-state index in [9.17, 15) is 9.59 Å². The molecule has 29 heavy (non-hydrogen) atoms. The van der Waals surface area contributed by atoms with E-state index in [2.05, 4.69) is 32.1 Å². The summed E-state index contributed by atoms with van der Waals surface area (Å²) in [5, 5.41) is 2.91. The maximum absolute atomic E-state index is 11.9. The maximum Gasteiger partial charge on any atom is 0.276 e. The molecule has 0 aliphatic carbocycles. The molecule has 3 N–H and O–H groups in total. The van der Waals surface area contributed by atoms with E-state index in [0.717, 1.165) is 15.6 Å². The number of nitrogens with one attached hydrogen (secondary N) is 3. The average Bonchev–Trinajstić information content (AvgIpc) is 2.66. The molecule has 0 heterocycles. The molecule has 0 saturated carbocycles. The molecule has 0 aliphatic rings. The zero-order chi connectivity index (χ0) is 21.4. The molecule has 0 saturated heterocycles. The van der Waals surface area contributed by atoms with Crippen molar-refractivity contribution in [3.63, 3.8) is 0 Å². The van der Waals surface area contributed by atoms with Crippen LogP contribution in [0.2, 0.25) is 5.02 Å². The summed E-state index contributed by atoms with van der Waals surface area (Å²) in [5.74, 6) is 0.159. The zero-order valence-electron chi connectivity index (χ0n) is 15.7. The standard InChI is InChI=1S/C19H19BrClN3O4S/c1-11-8-14(4-5-15(11)20)27-10-18(26)23-24-19(29)22-17(25)9-28-16-6-3-13(21)7-12(16)2/h3-8H,9-10H2,1-2H3,(H,23,26)(H2,22,24,25,29). The van der Waals surface area contributed by atoms with E-state index in [-0.39, 0.29) is 18.3 Å². The van der Waals surface area contributed by atoms with Gasteiger partial charge in [-0.2, -0.15) is 0 Å². The van der Waals surface area contributed by atoms with Crippen LogP contribution in [0.5, 0.6) is 11.5 Å². The lowest BCUT2D eigenvalue weighted by Crippen LogP contribution is -2.50. The fourth-order valence-corrected chi connectivity index (χ4v) is 2.77. The molecule has 10 heteroatoms. The second kappa shape index (κ2) is 11.0. The molecule has 7 nitrogen and oxygen atoms in total. The molecule has 2 rings (SSSR count). The van der Waals surface area contributed by atoms with Gasteiger partial charge in [0.15, 0.2) is 18.3 Å². The number of hydrogen-bond donors (Lipinski definition) is 3. The van der Waals surface area contributed by atoms with Crippen LogP contribution in [0.15, 0.2) is 40.9 Å². The van der Waals surface area contributed by atoms with Crippen LogP contribution in [-0.2, 0) is 9.59 Å². The highest BCUT2D eigenvalue weighted by Gasteiger charge is 2.09. The predicted octanol–water partition coefficient (Wildman–Crippen LogP) is 3.20. The van der Waals surface area contributed by atoms with Gasteiger partial charge >= 0.3 is 0 Å². The van der Waals surface area contributed by atoms with Gasteiger partial charge in [0.25, 0.3) is 11.8 Å². The Labute approximate surface area is 187 Å². The van der Waals surface area contributed by atoms with Crippen molar-refractivity contribution in [2.75, 3.05) is 13.2 Å². The van der Waals surface area contributed by atoms with Crippen molar-refractivity contribution in [3.05, 3.63) is 57.0 Å². The molecule has 2 amide bonds. The quantitative estimate of drug-likeness (QED) is 0.417. The molecule has 0 bridgehead atoms. The van der Waals surface area contributed by atoms with E-state index in [1.807, 2.05) is 19.9 Å². The Balaban J connectivity index is 1.68. The molecular formula is C19H19BrClN3O4S. The highest BCUT2D eigenvalue weighted by molar-refractivity contribution is 9.10. The van der Waals surface area contributed by atoms with Gasteiger partial charge in [0.1, 0.15) is 11.5 Å². The number of carbonyl (C=O) groups excluding carboxylic acids is 2. The van der Waals surface area contributed by atoms with Crippen molar-refractivity contribution in [2.45, 2.75) is 13.8 Å². The summed E-state index contributed by atoms with van der Waals surface area (Å²) < 4.78 is 11.8. The number of hydrazine groups is 1. The molecule has 2 aromatic rings. The molecule has 0 atom stereocenters. The van der Waals surface area contributed by atoms with Crippen LogP contribution in [0.3, 0.4) is 0 Å².